The molecule has 5 rings (SSSR count). The van der Waals surface area contributed by atoms with Crippen LogP contribution < -0.4 is 14.2 Å². The van der Waals surface area contributed by atoms with Crippen LogP contribution in [0.25, 0.3) is 5.76 Å². The third-order valence-electron chi connectivity index (χ3n) is 6.19. The van der Waals surface area contributed by atoms with E-state index in [0.29, 0.717) is 48.2 Å². The van der Waals surface area contributed by atoms with Crippen molar-refractivity contribution in [3.05, 3.63) is 59.2 Å². The van der Waals surface area contributed by atoms with Gasteiger partial charge in [0.25, 0.3) is 11.7 Å². The molecule has 0 saturated carbocycles. The van der Waals surface area contributed by atoms with Crippen molar-refractivity contribution in [2.75, 3.05) is 33.5 Å². The minimum Gasteiger partial charge on any atom is -0.507 e. The summed E-state index contributed by atoms with van der Waals surface area (Å²) in [6.45, 7) is 1.75. The number of nitrogens with zero attached hydrogens (tertiary/aromatic N) is 1. The lowest BCUT2D eigenvalue weighted by Crippen LogP contribution is -2.36. The Morgan fingerprint density at radius 1 is 1.09 bits per heavy atom. The van der Waals surface area contributed by atoms with E-state index in [2.05, 4.69) is 0 Å². The molecule has 0 aromatic heterocycles. The van der Waals surface area contributed by atoms with Crippen LogP contribution in [-0.2, 0) is 14.3 Å². The molecule has 3 heterocycles. The molecule has 3 aliphatic heterocycles. The molecule has 2 fully saturated rings. The van der Waals surface area contributed by atoms with E-state index in [4.69, 9.17) is 18.9 Å². The van der Waals surface area contributed by atoms with E-state index in [-0.39, 0.29) is 24.0 Å². The summed E-state index contributed by atoms with van der Waals surface area (Å²) in [5.74, 6) is 0.00549. The number of carbonyl (C=O) groups is 2. The van der Waals surface area contributed by atoms with Crippen LogP contribution in [0.2, 0.25) is 0 Å². The number of ether oxygens (including phenoxy) is 4. The topological polar surface area (TPSA) is 94.5 Å². The van der Waals surface area contributed by atoms with Crippen LogP contribution in [0, 0.1) is 0 Å². The third kappa shape index (κ3) is 3.91. The first kappa shape index (κ1) is 21.3. The van der Waals surface area contributed by atoms with Crippen molar-refractivity contribution in [3.63, 3.8) is 0 Å². The Bertz CT molecular complexity index is 1120. The lowest BCUT2D eigenvalue weighted by Gasteiger charge is -2.27. The maximum atomic E-state index is 13.2. The molecule has 172 valence electrons. The number of benzene rings is 2. The van der Waals surface area contributed by atoms with E-state index in [1.165, 1.54) is 4.90 Å². The molecule has 0 spiro atoms. The normalized spacial score (nSPS) is 23.7. The van der Waals surface area contributed by atoms with Crippen LogP contribution in [0.3, 0.4) is 0 Å². The lowest BCUT2D eigenvalue weighted by molar-refractivity contribution is -0.140. The Hall–Kier alpha value is -3.52. The molecule has 2 aromatic carbocycles. The fourth-order valence-corrected chi connectivity index (χ4v) is 4.58. The van der Waals surface area contributed by atoms with Gasteiger partial charge in [0.2, 0.25) is 0 Å². The van der Waals surface area contributed by atoms with Gasteiger partial charge in [-0.3, -0.25) is 9.59 Å². The van der Waals surface area contributed by atoms with Crippen molar-refractivity contribution in [1.82, 2.24) is 4.90 Å². The molecule has 1 N–H and O–H groups in total. The Morgan fingerprint density at radius 2 is 1.91 bits per heavy atom. The fourth-order valence-electron chi connectivity index (χ4n) is 4.58. The number of carbonyl (C=O) groups excluding carboxylic acids is 2. The highest BCUT2D eigenvalue weighted by atomic mass is 16.6. The van der Waals surface area contributed by atoms with Gasteiger partial charge >= 0.3 is 0 Å². The van der Waals surface area contributed by atoms with Gasteiger partial charge in [-0.1, -0.05) is 12.1 Å². The van der Waals surface area contributed by atoms with E-state index >= 15 is 0 Å². The van der Waals surface area contributed by atoms with Crippen molar-refractivity contribution in [2.24, 2.45) is 0 Å². The second-order valence-electron chi connectivity index (χ2n) is 8.22. The Kier molecular flexibility index (Phi) is 5.68. The summed E-state index contributed by atoms with van der Waals surface area (Å²) in [4.78, 5) is 27.8. The summed E-state index contributed by atoms with van der Waals surface area (Å²) in [5, 5.41) is 11.3. The average Bonchev–Trinajstić information content (AvgIpc) is 3.45. The van der Waals surface area contributed by atoms with Crippen LogP contribution in [0.1, 0.15) is 30.0 Å². The predicted molar refractivity (Wildman–Crippen MR) is 118 cm³/mol. The van der Waals surface area contributed by atoms with E-state index < -0.39 is 17.7 Å². The lowest BCUT2D eigenvalue weighted by atomic mass is 9.95. The van der Waals surface area contributed by atoms with Crippen molar-refractivity contribution < 1.29 is 33.6 Å². The monoisotopic (exact) mass is 451 g/mol. The number of ketones is 1. The quantitative estimate of drug-likeness (QED) is 0.424. The van der Waals surface area contributed by atoms with Crippen molar-refractivity contribution >= 4 is 17.4 Å². The van der Waals surface area contributed by atoms with Gasteiger partial charge in [0.15, 0.2) is 11.5 Å². The van der Waals surface area contributed by atoms with Gasteiger partial charge in [-0.25, -0.2) is 0 Å². The summed E-state index contributed by atoms with van der Waals surface area (Å²) in [6.07, 6.45) is 1.58. The number of amides is 1. The summed E-state index contributed by atoms with van der Waals surface area (Å²) in [6, 6.07) is 11.4. The molecule has 0 unspecified atom stereocenters. The zero-order valence-electron chi connectivity index (χ0n) is 18.3. The molecule has 0 bridgehead atoms. The van der Waals surface area contributed by atoms with Gasteiger partial charge in [-0.2, -0.15) is 0 Å². The molecule has 8 nitrogen and oxygen atoms in total. The molecule has 1 amide bonds. The number of fused-ring (bicyclic) bond motifs is 1. The molecule has 3 aliphatic rings. The first-order chi connectivity index (χ1) is 16.1. The van der Waals surface area contributed by atoms with Gasteiger partial charge < -0.3 is 29.0 Å². The number of hydrogen-bond acceptors (Lipinski definition) is 7. The van der Waals surface area contributed by atoms with E-state index in [1.807, 2.05) is 6.07 Å². The fraction of sp³-hybridized carbons (Fsp3) is 0.360. The smallest absolute Gasteiger partial charge is 0.295 e. The van der Waals surface area contributed by atoms with Gasteiger partial charge in [-0.15, -0.1) is 0 Å². The first-order valence-electron chi connectivity index (χ1n) is 11.0. The van der Waals surface area contributed by atoms with Crippen LogP contribution >= 0.6 is 0 Å². The standard InChI is InChI=1S/C25H25NO7/c1-30-17-5-2-4-15(12-17)22-21(24(28)25(29)26(22)14-18-6-3-9-31-18)23(27)16-7-8-19-20(13-16)33-11-10-32-19/h2,4-5,7-8,12-13,18,22,27H,3,6,9-11,14H2,1H3/t18-,22+/m0/s1. The van der Waals surface area contributed by atoms with Crippen molar-refractivity contribution in [2.45, 2.75) is 25.0 Å². The number of Topliss-reactive ketones (excluding diaryl/α,β-unsaturated/α-hetero) is 1. The summed E-state index contributed by atoms with van der Waals surface area (Å²) < 4.78 is 22.3. The number of methoxy groups -OCH3 is 1. The first-order valence-corrected chi connectivity index (χ1v) is 11.0. The SMILES string of the molecule is COc1cccc([C@@H]2C(=C(O)c3ccc4c(c3)OCCO4)C(=O)C(=O)N2C[C@@H]2CCCO2)c1. The largest absolute Gasteiger partial charge is 0.507 e. The number of hydrogen-bond donors (Lipinski definition) is 1. The van der Waals surface area contributed by atoms with Crippen molar-refractivity contribution in [1.29, 1.82) is 0 Å². The van der Waals surface area contributed by atoms with Crippen LogP contribution in [0.4, 0.5) is 0 Å². The molecule has 0 aliphatic carbocycles. The summed E-state index contributed by atoms with van der Waals surface area (Å²) in [7, 11) is 1.55. The van der Waals surface area contributed by atoms with Crippen LogP contribution in [0.5, 0.6) is 17.2 Å². The molecule has 8 heteroatoms. The highest BCUT2D eigenvalue weighted by Crippen LogP contribution is 2.42. The van der Waals surface area contributed by atoms with Gasteiger partial charge in [-0.05, 0) is 48.7 Å². The van der Waals surface area contributed by atoms with E-state index in [9.17, 15) is 14.7 Å². The Morgan fingerprint density at radius 3 is 2.67 bits per heavy atom. The number of likely N-dealkylation sites (tertiary alicyclic amines) is 1. The Balaban J connectivity index is 1.61. The second kappa shape index (κ2) is 8.78. The highest BCUT2D eigenvalue weighted by molar-refractivity contribution is 6.46. The van der Waals surface area contributed by atoms with Crippen LogP contribution in [0.15, 0.2) is 48.0 Å². The molecule has 2 atom stereocenters. The molecule has 2 saturated heterocycles. The molecule has 2 aromatic rings. The molecular formula is C25H25NO7. The van der Waals surface area contributed by atoms with Gasteiger partial charge in [0.1, 0.15) is 24.7 Å². The summed E-state index contributed by atoms with van der Waals surface area (Å²) in [5.41, 5.74) is 1.08. The van der Waals surface area contributed by atoms with Crippen LogP contribution in [-0.4, -0.2) is 61.3 Å². The van der Waals surface area contributed by atoms with Crippen molar-refractivity contribution in [3.8, 4) is 17.2 Å². The molecule has 33 heavy (non-hydrogen) atoms. The maximum absolute atomic E-state index is 13.2. The minimum absolute atomic E-state index is 0.0305. The second-order valence-corrected chi connectivity index (χ2v) is 8.22. The predicted octanol–water partition coefficient (Wildman–Crippen LogP) is 3.07. The number of aliphatic hydroxyl groups is 1. The minimum atomic E-state index is -0.766. The maximum Gasteiger partial charge on any atom is 0.295 e. The zero-order valence-corrected chi connectivity index (χ0v) is 18.3. The van der Waals surface area contributed by atoms with E-state index in [0.717, 1.165) is 12.8 Å². The van der Waals surface area contributed by atoms with E-state index in [1.54, 1.807) is 43.5 Å². The average molecular weight is 451 g/mol. The third-order valence-corrected chi connectivity index (χ3v) is 6.19. The number of rotatable bonds is 5. The summed E-state index contributed by atoms with van der Waals surface area (Å²) >= 11 is 0. The Labute approximate surface area is 191 Å². The highest BCUT2D eigenvalue weighted by Gasteiger charge is 2.47. The number of aliphatic hydroxyl groups excluding tert-OH is 1. The van der Waals surface area contributed by atoms with Gasteiger partial charge in [0, 0.05) is 18.7 Å². The molecular weight excluding hydrogens is 426 g/mol. The van der Waals surface area contributed by atoms with Gasteiger partial charge in [0.05, 0.1) is 24.8 Å². The molecule has 0 radical (unpaired) electrons. The zero-order chi connectivity index (χ0) is 22.9.